The van der Waals surface area contributed by atoms with E-state index in [1.807, 2.05) is 6.07 Å². The van der Waals surface area contributed by atoms with E-state index in [1.165, 1.54) is 31.5 Å². The van der Waals surface area contributed by atoms with Crippen LogP contribution in [0.1, 0.15) is 24.3 Å². The molecule has 104 valence electrons. The Kier molecular flexibility index (Phi) is 4.04. The standard InChI is InChI=1S/C16H24N2O/c1-18-8-4-5-13(11-18)9-17-10-14-12-19-16-7-3-2-6-15(14)16/h2-3,6-7,13-14,17H,4-5,8-12H2,1H3. The van der Waals surface area contributed by atoms with Gasteiger partial charge in [-0.05, 0) is 45.0 Å². The molecule has 1 aromatic carbocycles. The van der Waals surface area contributed by atoms with Crippen LogP contribution in [0.15, 0.2) is 24.3 Å². The molecule has 0 saturated carbocycles. The first kappa shape index (κ1) is 12.9. The van der Waals surface area contributed by atoms with Crippen molar-refractivity contribution in [2.24, 2.45) is 5.92 Å². The Morgan fingerprint density at radius 1 is 1.32 bits per heavy atom. The van der Waals surface area contributed by atoms with E-state index >= 15 is 0 Å². The number of hydrogen-bond donors (Lipinski definition) is 1. The molecule has 1 aromatic rings. The molecule has 0 radical (unpaired) electrons. The molecule has 2 heterocycles. The SMILES string of the molecule is CN1CCCC(CNCC2COc3ccccc32)C1. The number of rotatable bonds is 4. The maximum Gasteiger partial charge on any atom is 0.122 e. The third-order valence-corrected chi connectivity index (χ3v) is 4.34. The van der Waals surface area contributed by atoms with Gasteiger partial charge in [0.2, 0.25) is 0 Å². The number of para-hydroxylation sites is 1. The van der Waals surface area contributed by atoms with Crippen LogP contribution in [0.25, 0.3) is 0 Å². The Hall–Kier alpha value is -1.06. The average molecular weight is 260 g/mol. The number of piperidine rings is 1. The zero-order chi connectivity index (χ0) is 13.1. The lowest BCUT2D eigenvalue weighted by atomic mass is 9.97. The molecule has 0 spiro atoms. The summed E-state index contributed by atoms with van der Waals surface area (Å²) in [4.78, 5) is 2.45. The highest BCUT2D eigenvalue weighted by Gasteiger charge is 2.23. The molecule has 1 saturated heterocycles. The summed E-state index contributed by atoms with van der Waals surface area (Å²) in [6.07, 6.45) is 2.72. The van der Waals surface area contributed by atoms with Crippen molar-refractivity contribution < 1.29 is 4.74 Å². The fourth-order valence-electron chi connectivity index (χ4n) is 3.30. The van der Waals surface area contributed by atoms with Gasteiger partial charge in [-0.15, -0.1) is 0 Å². The van der Waals surface area contributed by atoms with E-state index in [2.05, 4.69) is 35.5 Å². The monoisotopic (exact) mass is 260 g/mol. The van der Waals surface area contributed by atoms with Gasteiger partial charge >= 0.3 is 0 Å². The first-order chi connectivity index (χ1) is 9.33. The Labute approximate surface area is 115 Å². The predicted octanol–water partition coefficient (Wildman–Crippen LogP) is 2.09. The molecule has 19 heavy (non-hydrogen) atoms. The van der Waals surface area contributed by atoms with Gasteiger partial charge in [-0.25, -0.2) is 0 Å². The lowest BCUT2D eigenvalue weighted by molar-refractivity contribution is 0.205. The molecule has 0 amide bonds. The number of nitrogens with zero attached hydrogens (tertiary/aromatic N) is 1. The lowest BCUT2D eigenvalue weighted by Crippen LogP contribution is -2.38. The smallest absolute Gasteiger partial charge is 0.122 e. The van der Waals surface area contributed by atoms with Crippen LogP contribution in [0.3, 0.4) is 0 Å². The summed E-state index contributed by atoms with van der Waals surface area (Å²) in [5.74, 6) is 2.42. The van der Waals surface area contributed by atoms with Gasteiger partial charge in [0, 0.05) is 24.6 Å². The highest BCUT2D eigenvalue weighted by molar-refractivity contribution is 5.39. The minimum atomic E-state index is 0.525. The molecular formula is C16H24N2O. The average Bonchev–Trinajstić information content (AvgIpc) is 2.83. The highest BCUT2D eigenvalue weighted by Crippen LogP contribution is 2.32. The van der Waals surface area contributed by atoms with E-state index in [0.717, 1.165) is 31.4 Å². The fraction of sp³-hybridized carbons (Fsp3) is 0.625. The van der Waals surface area contributed by atoms with Crippen LogP contribution in [-0.2, 0) is 0 Å². The first-order valence-electron chi connectivity index (χ1n) is 7.44. The molecule has 3 rings (SSSR count). The van der Waals surface area contributed by atoms with Gasteiger partial charge in [0.15, 0.2) is 0 Å². The number of hydrogen-bond acceptors (Lipinski definition) is 3. The molecule has 2 unspecified atom stereocenters. The molecule has 3 heteroatoms. The van der Waals surface area contributed by atoms with Crippen molar-refractivity contribution in [3.05, 3.63) is 29.8 Å². The second-order valence-corrected chi connectivity index (χ2v) is 5.97. The number of benzene rings is 1. The molecule has 2 aliphatic rings. The molecule has 2 aliphatic heterocycles. The Morgan fingerprint density at radius 3 is 3.11 bits per heavy atom. The van der Waals surface area contributed by atoms with E-state index in [9.17, 15) is 0 Å². The summed E-state index contributed by atoms with van der Waals surface area (Å²) in [7, 11) is 2.23. The number of likely N-dealkylation sites (tertiary alicyclic amines) is 1. The van der Waals surface area contributed by atoms with Crippen LogP contribution >= 0.6 is 0 Å². The zero-order valence-corrected chi connectivity index (χ0v) is 11.8. The number of nitrogens with one attached hydrogen (secondary N) is 1. The second-order valence-electron chi connectivity index (χ2n) is 5.97. The normalized spacial score (nSPS) is 27.0. The molecule has 0 bridgehead atoms. The molecular weight excluding hydrogens is 236 g/mol. The van der Waals surface area contributed by atoms with E-state index in [-0.39, 0.29) is 0 Å². The van der Waals surface area contributed by atoms with E-state index in [1.54, 1.807) is 0 Å². The summed E-state index contributed by atoms with van der Waals surface area (Å²) in [6, 6.07) is 8.43. The van der Waals surface area contributed by atoms with Gasteiger partial charge in [0.25, 0.3) is 0 Å². The van der Waals surface area contributed by atoms with E-state index < -0.39 is 0 Å². The molecule has 1 fully saturated rings. The Morgan fingerprint density at radius 2 is 2.21 bits per heavy atom. The van der Waals surface area contributed by atoms with Crippen LogP contribution in [0.4, 0.5) is 0 Å². The topological polar surface area (TPSA) is 24.5 Å². The van der Waals surface area contributed by atoms with Gasteiger partial charge in [0.05, 0.1) is 6.61 Å². The molecule has 0 aliphatic carbocycles. The summed E-state index contributed by atoms with van der Waals surface area (Å²) < 4.78 is 5.72. The molecule has 2 atom stereocenters. The Bertz CT molecular complexity index is 421. The van der Waals surface area contributed by atoms with Gasteiger partial charge in [-0.3, -0.25) is 0 Å². The predicted molar refractivity (Wildman–Crippen MR) is 77.8 cm³/mol. The summed E-state index contributed by atoms with van der Waals surface area (Å²) in [5.41, 5.74) is 1.37. The molecule has 1 N–H and O–H groups in total. The second kappa shape index (κ2) is 5.93. The van der Waals surface area contributed by atoms with Crippen LogP contribution in [0.2, 0.25) is 0 Å². The van der Waals surface area contributed by atoms with Crippen molar-refractivity contribution in [3.63, 3.8) is 0 Å². The molecule has 0 aromatic heterocycles. The van der Waals surface area contributed by atoms with Crippen molar-refractivity contribution >= 4 is 0 Å². The van der Waals surface area contributed by atoms with Gasteiger partial charge in [-0.1, -0.05) is 18.2 Å². The van der Waals surface area contributed by atoms with Crippen molar-refractivity contribution in [1.29, 1.82) is 0 Å². The lowest BCUT2D eigenvalue weighted by Gasteiger charge is -2.30. The fourth-order valence-corrected chi connectivity index (χ4v) is 3.30. The third-order valence-electron chi connectivity index (χ3n) is 4.34. The molecule has 3 nitrogen and oxygen atoms in total. The van der Waals surface area contributed by atoms with E-state index in [0.29, 0.717) is 5.92 Å². The minimum Gasteiger partial charge on any atom is -0.493 e. The van der Waals surface area contributed by atoms with Crippen molar-refractivity contribution in [1.82, 2.24) is 10.2 Å². The summed E-state index contributed by atoms with van der Waals surface area (Å²) in [5, 5.41) is 3.65. The third kappa shape index (κ3) is 3.10. The first-order valence-corrected chi connectivity index (χ1v) is 7.44. The van der Waals surface area contributed by atoms with Crippen LogP contribution < -0.4 is 10.1 Å². The Balaban J connectivity index is 1.46. The van der Waals surface area contributed by atoms with Crippen LogP contribution in [-0.4, -0.2) is 44.7 Å². The van der Waals surface area contributed by atoms with Crippen molar-refractivity contribution in [2.45, 2.75) is 18.8 Å². The quantitative estimate of drug-likeness (QED) is 0.897. The number of fused-ring (bicyclic) bond motifs is 1. The summed E-state index contributed by atoms with van der Waals surface area (Å²) >= 11 is 0. The zero-order valence-electron chi connectivity index (χ0n) is 11.8. The highest BCUT2D eigenvalue weighted by atomic mass is 16.5. The maximum atomic E-state index is 5.72. The van der Waals surface area contributed by atoms with Gasteiger partial charge < -0.3 is 15.0 Å². The maximum absolute atomic E-state index is 5.72. The van der Waals surface area contributed by atoms with Gasteiger partial charge in [0.1, 0.15) is 5.75 Å². The largest absolute Gasteiger partial charge is 0.493 e. The summed E-state index contributed by atoms with van der Waals surface area (Å²) in [6.45, 7) is 5.52. The minimum absolute atomic E-state index is 0.525. The van der Waals surface area contributed by atoms with E-state index in [4.69, 9.17) is 4.74 Å². The van der Waals surface area contributed by atoms with Gasteiger partial charge in [-0.2, -0.15) is 0 Å². The number of ether oxygens (including phenoxy) is 1. The van der Waals surface area contributed by atoms with Crippen molar-refractivity contribution in [3.8, 4) is 5.75 Å². The van der Waals surface area contributed by atoms with Crippen LogP contribution in [0, 0.1) is 5.92 Å². The van der Waals surface area contributed by atoms with Crippen LogP contribution in [0.5, 0.6) is 5.75 Å². The van der Waals surface area contributed by atoms with Crippen molar-refractivity contribution in [2.75, 3.05) is 39.8 Å².